The van der Waals surface area contributed by atoms with Crippen molar-refractivity contribution in [2.45, 2.75) is 45.9 Å². The van der Waals surface area contributed by atoms with Gasteiger partial charge in [-0.3, -0.25) is 4.79 Å². The Bertz CT molecular complexity index is 614. The molecule has 1 aromatic rings. The first-order valence-corrected chi connectivity index (χ1v) is 8.96. The number of amides is 1. The quantitative estimate of drug-likeness (QED) is 0.805. The fourth-order valence-electron chi connectivity index (χ4n) is 2.39. The molecule has 0 saturated carbocycles. The van der Waals surface area contributed by atoms with Crippen LogP contribution in [0.1, 0.15) is 37.0 Å². The van der Waals surface area contributed by atoms with Gasteiger partial charge in [-0.25, -0.2) is 13.1 Å². The summed E-state index contributed by atoms with van der Waals surface area (Å²) in [5, 5.41) is 2.71. The van der Waals surface area contributed by atoms with E-state index < -0.39 is 10.0 Å². The Kier molecular flexibility index (Phi) is 6.56. The van der Waals surface area contributed by atoms with Gasteiger partial charge >= 0.3 is 0 Å². The molecule has 0 bridgehead atoms. The van der Waals surface area contributed by atoms with Gasteiger partial charge in [-0.15, -0.1) is 0 Å². The minimum atomic E-state index is -3.69. The second kappa shape index (κ2) is 7.74. The highest BCUT2D eigenvalue weighted by Gasteiger charge is 2.20. The van der Waals surface area contributed by atoms with Gasteiger partial charge < -0.3 is 5.32 Å². The monoisotopic (exact) mass is 326 g/mol. The van der Waals surface area contributed by atoms with Crippen molar-refractivity contribution < 1.29 is 13.2 Å². The first-order chi connectivity index (χ1) is 10.1. The van der Waals surface area contributed by atoms with Crippen molar-refractivity contribution in [2.24, 2.45) is 5.92 Å². The zero-order valence-electron chi connectivity index (χ0n) is 14.0. The molecule has 1 aromatic carbocycles. The van der Waals surface area contributed by atoms with Crippen LogP contribution in [0.25, 0.3) is 0 Å². The van der Waals surface area contributed by atoms with Gasteiger partial charge in [0, 0.05) is 6.54 Å². The summed E-state index contributed by atoms with van der Waals surface area (Å²) in [6, 6.07) is 3.65. The van der Waals surface area contributed by atoms with Crippen LogP contribution >= 0.6 is 0 Å². The highest BCUT2D eigenvalue weighted by atomic mass is 32.2. The first-order valence-electron chi connectivity index (χ1n) is 7.47. The highest BCUT2D eigenvalue weighted by molar-refractivity contribution is 7.89. The molecule has 5 nitrogen and oxygen atoms in total. The topological polar surface area (TPSA) is 75.3 Å². The lowest BCUT2D eigenvalue weighted by molar-refractivity contribution is -0.119. The maximum absolute atomic E-state index is 12.4. The van der Waals surface area contributed by atoms with Gasteiger partial charge in [-0.05, 0) is 44.2 Å². The van der Waals surface area contributed by atoms with E-state index in [1.54, 1.807) is 13.8 Å². The Balaban J connectivity index is 2.71. The molecule has 6 heteroatoms. The number of sulfonamides is 1. The summed E-state index contributed by atoms with van der Waals surface area (Å²) in [4.78, 5) is 11.9. The number of carbonyl (C=O) groups is 1. The Hall–Kier alpha value is -1.40. The van der Waals surface area contributed by atoms with Gasteiger partial charge in [0.1, 0.15) is 0 Å². The lowest BCUT2D eigenvalue weighted by Crippen LogP contribution is -2.37. The normalized spacial score (nSPS) is 11.7. The number of benzene rings is 1. The van der Waals surface area contributed by atoms with Crippen LogP contribution in [-0.2, 0) is 14.8 Å². The Labute approximate surface area is 133 Å². The third-order valence-electron chi connectivity index (χ3n) is 3.34. The second-order valence-corrected chi connectivity index (χ2v) is 7.79. The third-order valence-corrected chi connectivity index (χ3v) is 5.05. The van der Waals surface area contributed by atoms with Crippen molar-refractivity contribution in [3.8, 4) is 0 Å². The van der Waals surface area contributed by atoms with Crippen LogP contribution in [-0.4, -0.2) is 27.4 Å². The van der Waals surface area contributed by atoms with E-state index in [-0.39, 0.29) is 17.3 Å². The van der Waals surface area contributed by atoms with Crippen LogP contribution in [0, 0.1) is 26.7 Å². The molecule has 0 unspecified atom stereocenters. The summed E-state index contributed by atoms with van der Waals surface area (Å²) >= 11 is 0. The standard InChI is InChI=1S/C16H26N2O3S/c1-11(2)6-7-17-15(19)10-18-22(20,21)16-13(4)8-12(3)9-14(16)5/h8-9,11,18H,6-7,10H2,1-5H3,(H,17,19). The van der Waals surface area contributed by atoms with Gasteiger partial charge in [-0.2, -0.15) is 0 Å². The van der Waals surface area contributed by atoms with Crippen molar-refractivity contribution in [3.63, 3.8) is 0 Å². The molecule has 0 saturated heterocycles. The average Bonchev–Trinajstić information content (AvgIpc) is 2.34. The average molecular weight is 326 g/mol. The molecule has 0 aliphatic carbocycles. The van der Waals surface area contributed by atoms with Crippen molar-refractivity contribution in [2.75, 3.05) is 13.1 Å². The van der Waals surface area contributed by atoms with Crippen molar-refractivity contribution in [1.29, 1.82) is 0 Å². The molecular weight excluding hydrogens is 300 g/mol. The van der Waals surface area contributed by atoms with E-state index in [2.05, 4.69) is 23.9 Å². The van der Waals surface area contributed by atoms with Crippen LogP contribution in [0.5, 0.6) is 0 Å². The Morgan fingerprint density at radius 3 is 2.18 bits per heavy atom. The summed E-state index contributed by atoms with van der Waals surface area (Å²) < 4.78 is 27.1. The number of nitrogens with one attached hydrogen (secondary N) is 2. The lowest BCUT2D eigenvalue weighted by Gasteiger charge is -2.13. The molecule has 0 heterocycles. The summed E-state index contributed by atoms with van der Waals surface area (Å²) in [7, 11) is -3.69. The molecule has 0 aliphatic heterocycles. The molecular formula is C16H26N2O3S. The van der Waals surface area contributed by atoms with Crippen molar-refractivity contribution >= 4 is 15.9 Å². The lowest BCUT2D eigenvalue weighted by atomic mass is 10.1. The fraction of sp³-hybridized carbons (Fsp3) is 0.562. The summed E-state index contributed by atoms with van der Waals surface area (Å²) in [6.45, 7) is 9.89. The number of hydrogen-bond acceptors (Lipinski definition) is 3. The van der Waals surface area contributed by atoms with Crippen LogP contribution in [0.15, 0.2) is 17.0 Å². The van der Waals surface area contributed by atoms with Crippen LogP contribution in [0.2, 0.25) is 0 Å². The van der Waals surface area contributed by atoms with Gasteiger partial charge in [-0.1, -0.05) is 31.5 Å². The molecule has 0 aromatic heterocycles. The number of aryl methyl sites for hydroxylation is 3. The SMILES string of the molecule is Cc1cc(C)c(S(=O)(=O)NCC(=O)NCCC(C)C)c(C)c1. The van der Waals surface area contributed by atoms with Crippen LogP contribution in [0.4, 0.5) is 0 Å². The Morgan fingerprint density at radius 1 is 1.14 bits per heavy atom. The maximum Gasteiger partial charge on any atom is 0.241 e. The van der Waals surface area contributed by atoms with E-state index in [1.807, 2.05) is 19.1 Å². The van der Waals surface area contributed by atoms with Crippen LogP contribution < -0.4 is 10.0 Å². The zero-order valence-corrected chi connectivity index (χ0v) is 14.8. The van der Waals surface area contributed by atoms with E-state index in [0.717, 1.165) is 12.0 Å². The van der Waals surface area contributed by atoms with Crippen molar-refractivity contribution in [1.82, 2.24) is 10.0 Å². The number of hydrogen-bond donors (Lipinski definition) is 2. The van der Waals surface area contributed by atoms with Gasteiger partial charge in [0.25, 0.3) is 0 Å². The third kappa shape index (κ3) is 5.42. The molecule has 22 heavy (non-hydrogen) atoms. The smallest absolute Gasteiger partial charge is 0.241 e. The predicted octanol–water partition coefficient (Wildman–Crippen LogP) is 2.05. The van der Waals surface area contributed by atoms with E-state index in [0.29, 0.717) is 23.6 Å². The molecule has 1 amide bonds. The summed E-state index contributed by atoms with van der Waals surface area (Å²) in [5.41, 5.74) is 2.39. The molecule has 0 radical (unpaired) electrons. The molecule has 0 fully saturated rings. The van der Waals surface area contributed by atoms with Gasteiger partial charge in [0.15, 0.2) is 0 Å². The second-order valence-electron chi connectivity index (χ2n) is 6.08. The molecule has 0 atom stereocenters. The molecule has 0 spiro atoms. The first kappa shape index (κ1) is 18.6. The molecule has 1 rings (SSSR count). The minimum Gasteiger partial charge on any atom is -0.355 e. The molecule has 2 N–H and O–H groups in total. The zero-order chi connectivity index (χ0) is 16.9. The van der Waals surface area contributed by atoms with Crippen LogP contribution in [0.3, 0.4) is 0 Å². The Morgan fingerprint density at radius 2 is 1.68 bits per heavy atom. The number of rotatable bonds is 7. The predicted molar refractivity (Wildman–Crippen MR) is 88.3 cm³/mol. The van der Waals surface area contributed by atoms with E-state index in [9.17, 15) is 13.2 Å². The maximum atomic E-state index is 12.4. The molecule has 124 valence electrons. The summed E-state index contributed by atoms with van der Waals surface area (Å²) in [5.74, 6) is 0.182. The minimum absolute atomic E-state index is 0.243. The van der Waals surface area contributed by atoms with E-state index >= 15 is 0 Å². The van der Waals surface area contributed by atoms with Gasteiger partial charge in [0.05, 0.1) is 11.4 Å². The van der Waals surface area contributed by atoms with Gasteiger partial charge in [0.2, 0.25) is 15.9 Å². The number of carbonyl (C=O) groups excluding carboxylic acids is 1. The van der Waals surface area contributed by atoms with Crippen molar-refractivity contribution in [3.05, 3.63) is 28.8 Å². The summed E-state index contributed by atoms with van der Waals surface area (Å²) in [6.07, 6.45) is 0.870. The van der Waals surface area contributed by atoms with E-state index in [1.165, 1.54) is 0 Å². The largest absolute Gasteiger partial charge is 0.355 e. The highest BCUT2D eigenvalue weighted by Crippen LogP contribution is 2.21. The fourth-order valence-corrected chi connectivity index (χ4v) is 3.82. The van der Waals surface area contributed by atoms with E-state index in [4.69, 9.17) is 0 Å². The molecule has 0 aliphatic rings.